The molecule has 1 fully saturated rings. The van der Waals surface area contributed by atoms with Crippen molar-refractivity contribution >= 4 is 33.6 Å². The SMILES string of the molecule is NC1CC(=O)N(c2ncc(Br)cc2C(=O)O)C1. The fourth-order valence-corrected chi connectivity index (χ4v) is 2.08. The Bertz CT molecular complexity index is 492. The number of aromatic nitrogens is 1. The number of hydrogen-bond acceptors (Lipinski definition) is 4. The van der Waals surface area contributed by atoms with Gasteiger partial charge in [0.15, 0.2) is 0 Å². The molecule has 1 aliphatic rings. The van der Waals surface area contributed by atoms with Crippen molar-refractivity contribution in [3.05, 3.63) is 22.3 Å². The van der Waals surface area contributed by atoms with Crippen LogP contribution in [0.2, 0.25) is 0 Å². The second-order valence-electron chi connectivity index (χ2n) is 3.80. The van der Waals surface area contributed by atoms with Gasteiger partial charge in [-0.3, -0.25) is 9.69 Å². The number of nitrogens with zero attached hydrogens (tertiary/aromatic N) is 2. The molecule has 0 aliphatic carbocycles. The van der Waals surface area contributed by atoms with Crippen LogP contribution in [0.25, 0.3) is 0 Å². The lowest BCUT2D eigenvalue weighted by Gasteiger charge is -2.17. The molecule has 1 aliphatic heterocycles. The zero-order valence-electron chi connectivity index (χ0n) is 8.76. The summed E-state index contributed by atoms with van der Waals surface area (Å²) in [5.41, 5.74) is 5.65. The molecule has 0 radical (unpaired) electrons. The molecule has 2 heterocycles. The number of amides is 1. The Hall–Kier alpha value is -1.47. The first-order valence-electron chi connectivity index (χ1n) is 4.94. The third kappa shape index (κ3) is 2.29. The minimum atomic E-state index is -1.12. The number of hydrogen-bond donors (Lipinski definition) is 2. The normalized spacial score (nSPS) is 19.8. The largest absolute Gasteiger partial charge is 0.478 e. The minimum Gasteiger partial charge on any atom is -0.478 e. The van der Waals surface area contributed by atoms with Gasteiger partial charge in [-0.2, -0.15) is 0 Å². The van der Waals surface area contributed by atoms with Gasteiger partial charge >= 0.3 is 5.97 Å². The van der Waals surface area contributed by atoms with Crippen molar-refractivity contribution in [2.45, 2.75) is 12.5 Å². The van der Waals surface area contributed by atoms with Crippen molar-refractivity contribution in [1.29, 1.82) is 0 Å². The van der Waals surface area contributed by atoms with Crippen molar-refractivity contribution in [1.82, 2.24) is 4.98 Å². The van der Waals surface area contributed by atoms with E-state index in [0.29, 0.717) is 11.0 Å². The quantitative estimate of drug-likeness (QED) is 0.834. The number of carboxylic acids is 1. The highest BCUT2D eigenvalue weighted by molar-refractivity contribution is 9.10. The number of carboxylic acid groups (broad SMARTS) is 1. The molecule has 7 heteroatoms. The smallest absolute Gasteiger partial charge is 0.339 e. The lowest BCUT2D eigenvalue weighted by molar-refractivity contribution is -0.117. The second kappa shape index (κ2) is 4.42. The van der Waals surface area contributed by atoms with Crippen LogP contribution >= 0.6 is 15.9 Å². The first-order chi connectivity index (χ1) is 7.99. The van der Waals surface area contributed by atoms with Crippen molar-refractivity contribution in [3.63, 3.8) is 0 Å². The maximum absolute atomic E-state index is 11.6. The lowest BCUT2D eigenvalue weighted by atomic mass is 10.2. The van der Waals surface area contributed by atoms with E-state index in [0.717, 1.165) is 0 Å². The molecule has 1 saturated heterocycles. The van der Waals surface area contributed by atoms with Gasteiger partial charge in [0.25, 0.3) is 0 Å². The minimum absolute atomic E-state index is 0.0122. The fraction of sp³-hybridized carbons (Fsp3) is 0.300. The summed E-state index contributed by atoms with van der Waals surface area (Å²) in [6.07, 6.45) is 1.68. The standard InChI is InChI=1S/C10H10BrN3O3/c11-5-1-7(10(16)17)9(13-3-5)14-4-6(12)2-8(14)15/h1,3,6H,2,4,12H2,(H,16,17). The van der Waals surface area contributed by atoms with E-state index in [-0.39, 0.29) is 29.8 Å². The number of rotatable bonds is 2. The van der Waals surface area contributed by atoms with Gasteiger partial charge in [-0.05, 0) is 22.0 Å². The predicted octanol–water partition coefficient (Wildman–Crippen LogP) is 0.606. The van der Waals surface area contributed by atoms with Crippen LogP contribution in [0, 0.1) is 0 Å². The van der Waals surface area contributed by atoms with Crippen LogP contribution in [0.5, 0.6) is 0 Å². The van der Waals surface area contributed by atoms with Crippen LogP contribution in [0.15, 0.2) is 16.7 Å². The molecule has 1 aromatic heterocycles. The second-order valence-corrected chi connectivity index (χ2v) is 4.71. The first kappa shape index (κ1) is 12.0. The van der Waals surface area contributed by atoms with E-state index in [4.69, 9.17) is 10.8 Å². The molecule has 0 spiro atoms. The summed E-state index contributed by atoms with van der Waals surface area (Å²) in [7, 11) is 0. The third-order valence-electron chi connectivity index (χ3n) is 2.47. The summed E-state index contributed by atoms with van der Waals surface area (Å²) in [4.78, 5) is 28.0. The number of carbonyl (C=O) groups excluding carboxylic acids is 1. The zero-order valence-corrected chi connectivity index (χ0v) is 10.3. The highest BCUT2D eigenvalue weighted by Crippen LogP contribution is 2.25. The van der Waals surface area contributed by atoms with Gasteiger partial charge in [0, 0.05) is 29.7 Å². The van der Waals surface area contributed by atoms with Gasteiger partial charge in [-0.1, -0.05) is 0 Å². The Morgan fingerprint density at radius 3 is 2.88 bits per heavy atom. The fourth-order valence-electron chi connectivity index (χ4n) is 1.74. The molecule has 6 nitrogen and oxygen atoms in total. The monoisotopic (exact) mass is 299 g/mol. The van der Waals surface area contributed by atoms with E-state index in [1.165, 1.54) is 17.2 Å². The Balaban J connectivity index is 2.45. The maximum atomic E-state index is 11.6. The van der Waals surface area contributed by atoms with Crippen LogP contribution in [0.4, 0.5) is 5.82 Å². The maximum Gasteiger partial charge on any atom is 0.339 e. The molecular weight excluding hydrogens is 290 g/mol. The number of anilines is 1. The summed E-state index contributed by atoms with van der Waals surface area (Å²) in [6.45, 7) is 0.299. The van der Waals surface area contributed by atoms with E-state index in [1.807, 2.05) is 0 Å². The number of aromatic carboxylic acids is 1. The third-order valence-corrected chi connectivity index (χ3v) is 2.91. The molecule has 0 bridgehead atoms. The summed E-state index contributed by atoms with van der Waals surface area (Å²) >= 11 is 3.15. The van der Waals surface area contributed by atoms with Crippen molar-refractivity contribution in [2.24, 2.45) is 5.73 Å². The van der Waals surface area contributed by atoms with Crippen LogP contribution in [0.3, 0.4) is 0 Å². The molecule has 3 N–H and O–H groups in total. The lowest BCUT2D eigenvalue weighted by Crippen LogP contribution is -2.30. The molecule has 17 heavy (non-hydrogen) atoms. The molecule has 1 atom stereocenters. The predicted molar refractivity (Wildman–Crippen MR) is 63.8 cm³/mol. The summed E-state index contributed by atoms with van der Waals surface area (Å²) in [5.74, 6) is -1.17. The number of pyridine rings is 1. The van der Waals surface area contributed by atoms with E-state index in [2.05, 4.69) is 20.9 Å². The average molecular weight is 300 g/mol. The van der Waals surface area contributed by atoms with E-state index < -0.39 is 5.97 Å². The van der Waals surface area contributed by atoms with E-state index >= 15 is 0 Å². The van der Waals surface area contributed by atoms with Crippen LogP contribution in [-0.4, -0.2) is 34.6 Å². The van der Waals surface area contributed by atoms with Gasteiger partial charge in [0.05, 0.1) is 0 Å². The van der Waals surface area contributed by atoms with Gasteiger partial charge in [0.1, 0.15) is 11.4 Å². The molecular formula is C10H10BrN3O3. The van der Waals surface area contributed by atoms with E-state index in [9.17, 15) is 9.59 Å². The van der Waals surface area contributed by atoms with Crippen LogP contribution < -0.4 is 10.6 Å². The Labute approximate surface area is 106 Å². The van der Waals surface area contributed by atoms with Gasteiger partial charge in [-0.25, -0.2) is 9.78 Å². The zero-order chi connectivity index (χ0) is 12.6. The van der Waals surface area contributed by atoms with Gasteiger partial charge in [-0.15, -0.1) is 0 Å². The highest BCUT2D eigenvalue weighted by atomic mass is 79.9. The van der Waals surface area contributed by atoms with Gasteiger partial charge < -0.3 is 10.8 Å². The first-order valence-corrected chi connectivity index (χ1v) is 5.73. The molecule has 1 unspecified atom stereocenters. The van der Waals surface area contributed by atoms with Crippen LogP contribution in [0.1, 0.15) is 16.8 Å². The molecule has 1 amide bonds. The molecule has 1 aromatic rings. The Morgan fingerprint density at radius 2 is 2.35 bits per heavy atom. The number of carbonyl (C=O) groups is 2. The Kier molecular flexibility index (Phi) is 3.12. The molecule has 90 valence electrons. The molecule has 0 aromatic carbocycles. The molecule has 2 rings (SSSR count). The van der Waals surface area contributed by atoms with Crippen molar-refractivity contribution < 1.29 is 14.7 Å². The summed E-state index contributed by atoms with van der Waals surface area (Å²) in [6, 6.07) is 1.15. The number of halogens is 1. The topological polar surface area (TPSA) is 96.5 Å². The van der Waals surface area contributed by atoms with E-state index in [1.54, 1.807) is 0 Å². The Morgan fingerprint density at radius 1 is 1.65 bits per heavy atom. The van der Waals surface area contributed by atoms with Crippen LogP contribution in [-0.2, 0) is 4.79 Å². The number of nitrogens with two attached hydrogens (primary N) is 1. The summed E-state index contributed by atoms with van der Waals surface area (Å²) < 4.78 is 0.551. The van der Waals surface area contributed by atoms with Crippen molar-refractivity contribution in [3.8, 4) is 0 Å². The average Bonchev–Trinajstić information content (AvgIpc) is 2.57. The van der Waals surface area contributed by atoms with Crippen molar-refractivity contribution in [2.75, 3.05) is 11.4 Å². The highest BCUT2D eigenvalue weighted by Gasteiger charge is 2.31. The van der Waals surface area contributed by atoms with Gasteiger partial charge in [0.2, 0.25) is 5.91 Å². The summed E-state index contributed by atoms with van der Waals surface area (Å²) in [5, 5.41) is 9.07. The molecule has 0 saturated carbocycles.